The van der Waals surface area contributed by atoms with Gasteiger partial charge in [0.15, 0.2) is 0 Å². The quantitative estimate of drug-likeness (QED) is 0.897. The molecule has 1 heterocycles. The van der Waals surface area contributed by atoms with E-state index in [4.69, 9.17) is 0 Å². The monoisotopic (exact) mass is 288 g/mol. The third-order valence-electron chi connectivity index (χ3n) is 4.90. The van der Waals surface area contributed by atoms with Gasteiger partial charge in [0.2, 0.25) is 5.91 Å². The Morgan fingerprint density at radius 1 is 1.33 bits per heavy atom. The molecule has 3 heteroatoms. The fourth-order valence-electron chi connectivity index (χ4n) is 2.92. The van der Waals surface area contributed by atoms with Crippen LogP contribution in [0.1, 0.15) is 57.8 Å². The molecule has 116 valence electrons. The van der Waals surface area contributed by atoms with Crippen molar-refractivity contribution in [3.63, 3.8) is 0 Å². The van der Waals surface area contributed by atoms with Crippen molar-refractivity contribution in [2.75, 3.05) is 6.54 Å². The average Bonchev–Trinajstić information content (AvgIpc) is 2.73. The number of carbonyl (C=O) groups excluding carboxylic acids is 1. The molecule has 1 aromatic carbocycles. The summed E-state index contributed by atoms with van der Waals surface area (Å²) >= 11 is 0. The van der Waals surface area contributed by atoms with Crippen LogP contribution in [0.5, 0.6) is 0 Å². The van der Waals surface area contributed by atoms with Crippen LogP contribution < -0.4 is 5.32 Å². The number of benzene rings is 1. The smallest absolute Gasteiger partial charge is 0.244 e. The van der Waals surface area contributed by atoms with Crippen LogP contribution >= 0.6 is 0 Å². The summed E-state index contributed by atoms with van der Waals surface area (Å²) in [6.45, 7) is 11.4. The minimum atomic E-state index is -0.444. The van der Waals surface area contributed by atoms with Crippen LogP contribution in [0.4, 0.5) is 0 Å². The fraction of sp³-hybridized carbons (Fsp3) is 0.611. The van der Waals surface area contributed by atoms with Crippen molar-refractivity contribution >= 4 is 5.91 Å². The largest absolute Gasteiger partial charge is 0.321 e. The zero-order valence-corrected chi connectivity index (χ0v) is 13.9. The molecule has 0 aromatic heterocycles. The maximum absolute atomic E-state index is 12.9. The molecule has 3 unspecified atom stereocenters. The molecule has 2 rings (SSSR count). The molecule has 1 fully saturated rings. The molecule has 1 amide bonds. The zero-order valence-electron chi connectivity index (χ0n) is 13.9. The molecule has 0 saturated carbocycles. The number of nitrogens with zero attached hydrogens (tertiary/aromatic N) is 1. The van der Waals surface area contributed by atoms with Crippen molar-refractivity contribution in [3.05, 3.63) is 35.4 Å². The highest BCUT2D eigenvalue weighted by Crippen LogP contribution is 2.34. The third kappa shape index (κ3) is 2.98. The topological polar surface area (TPSA) is 32.3 Å². The maximum Gasteiger partial charge on any atom is 0.244 e. The van der Waals surface area contributed by atoms with E-state index in [2.05, 4.69) is 51.2 Å². The lowest BCUT2D eigenvalue weighted by atomic mass is 9.99. The number of nitrogens with one attached hydrogen (secondary N) is 1. The summed E-state index contributed by atoms with van der Waals surface area (Å²) in [5.74, 6) is 0.750. The van der Waals surface area contributed by atoms with Gasteiger partial charge in [-0.15, -0.1) is 0 Å². The summed E-state index contributed by atoms with van der Waals surface area (Å²) in [5, 5.41) is 3.58. The van der Waals surface area contributed by atoms with E-state index in [-0.39, 0.29) is 12.1 Å². The number of rotatable bonds is 5. The molecule has 1 aliphatic heterocycles. The number of carbonyl (C=O) groups is 1. The van der Waals surface area contributed by atoms with Gasteiger partial charge in [-0.1, -0.05) is 51.5 Å². The lowest BCUT2D eigenvalue weighted by Gasteiger charge is -2.28. The minimum absolute atomic E-state index is 0.00218. The molecule has 21 heavy (non-hydrogen) atoms. The van der Waals surface area contributed by atoms with Crippen LogP contribution in [-0.2, 0) is 4.79 Å². The Morgan fingerprint density at radius 2 is 2.00 bits per heavy atom. The first kappa shape index (κ1) is 16.0. The van der Waals surface area contributed by atoms with Gasteiger partial charge in [0.25, 0.3) is 0 Å². The Kier molecular flexibility index (Phi) is 4.72. The molecule has 1 N–H and O–H groups in total. The predicted octanol–water partition coefficient (Wildman–Crippen LogP) is 3.64. The second-order valence-electron chi connectivity index (χ2n) is 6.56. The van der Waals surface area contributed by atoms with Crippen LogP contribution in [0.15, 0.2) is 24.3 Å². The van der Waals surface area contributed by atoms with Crippen LogP contribution in [0.3, 0.4) is 0 Å². The predicted molar refractivity (Wildman–Crippen MR) is 86.9 cm³/mol. The molecular weight excluding hydrogens is 260 g/mol. The highest BCUT2D eigenvalue weighted by molar-refractivity contribution is 5.88. The van der Waals surface area contributed by atoms with Crippen molar-refractivity contribution in [1.29, 1.82) is 0 Å². The summed E-state index contributed by atoms with van der Waals surface area (Å²) in [5.41, 5.74) is 2.00. The Labute approximate surface area is 128 Å². The molecule has 0 spiro atoms. The SMILES string of the molecule is CCC(C)CN1C(=O)C(C)(CC)NC1c1ccccc1C. The van der Waals surface area contributed by atoms with Gasteiger partial charge in [-0.25, -0.2) is 0 Å². The van der Waals surface area contributed by atoms with E-state index in [9.17, 15) is 4.79 Å². The van der Waals surface area contributed by atoms with E-state index >= 15 is 0 Å². The number of hydrogen-bond acceptors (Lipinski definition) is 2. The summed E-state index contributed by atoms with van der Waals surface area (Å²) in [6, 6.07) is 8.35. The molecule has 0 radical (unpaired) electrons. The lowest BCUT2D eigenvalue weighted by molar-refractivity contribution is -0.133. The number of hydrogen-bond donors (Lipinski definition) is 1. The van der Waals surface area contributed by atoms with E-state index in [0.29, 0.717) is 5.92 Å². The van der Waals surface area contributed by atoms with E-state index in [1.807, 2.05) is 17.9 Å². The van der Waals surface area contributed by atoms with Gasteiger partial charge < -0.3 is 4.90 Å². The summed E-state index contributed by atoms with van der Waals surface area (Å²) in [7, 11) is 0. The van der Waals surface area contributed by atoms with Crippen LogP contribution in [0.2, 0.25) is 0 Å². The van der Waals surface area contributed by atoms with Crippen molar-refractivity contribution in [2.24, 2.45) is 5.92 Å². The van der Waals surface area contributed by atoms with Crippen molar-refractivity contribution < 1.29 is 4.79 Å². The van der Waals surface area contributed by atoms with Gasteiger partial charge in [0.1, 0.15) is 6.17 Å². The summed E-state index contributed by atoms with van der Waals surface area (Å²) in [4.78, 5) is 14.9. The number of amides is 1. The molecule has 1 saturated heterocycles. The normalized spacial score (nSPS) is 27.2. The van der Waals surface area contributed by atoms with Gasteiger partial charge in [0.05, 0.1) is 5.54 Å². The van der Waals surface area contributed by atoms with Gasteiger partial charge in [-0.3, -0.25) is 10.1 Å². The third-order valence-corrected chi connectivity index (χ3v) is 4.90. The molecule has 0 bridgehead atoms. The average molecular weight is 288 g/mol. The number of aryl methyl sites for hydroxylation is 1. The first-order chi connectivity index (χ1) is 9.92. The second kappa shape index (κ2) is 6.18. The Balaban J connectivity index is 2.37. The minimum Gasteiger partial charge on any atom is -0.321 e. The zero-order chi connectivity index (χ0) is 15.6. The molecule has 3 atom stereocenters. The van der Waals surface area contributed by atoms with Crippen LogP contribution in [0.25, 0.3) is 0 Å². The summed E-state index contributed by atoms with van der Waals surface area (Å²) in [6.07, 6.45) is 1.90. The van der Waals surface area contributed by atoms with Crippen molar-refractivity contribution in [2.45, 2.75) is 59.2 Å². The first-order valence-corrected chi connectivity index (χ1v) is 8.07. The molecular formula is C18H28N2O. The van der Waals surface area contributed by atoms with E-state index in [1.165, 1.54) is 11.1 Å². The van der Waals surface area contributed by atoms with Crippen LogP contribution in [0, 0.1) is 12.8 Å². The van der Waals surface area contributed by atoms with Crippen molar-refractivity contribution in [3.8, 4) is 0 Å². The molecule has 1 aromatic rings. The van der Waals surface area contributed by atoms with Crippen molar-refractivity contribution in [1.82, 2.24) is 10.2 Å². The fourth-order valence-corrected chi connectivity index (χ4v) is 2.92. The highest BCUT2D eigenvalue weighted by atomic mass is 16.2. The Bertz CT molecular complexity index is 514. The summed E-state index contributed by atoms with van der Waals surface area (Å²) < 4.78 is 0. The maximum atomic E-state index is 12.9. The second-order valence-corrected chi connectivity index (χ2v) is 6.56. The van der Waals surface area contributed by atoms with Gasteiger partial charge in [0, 0.05) is 6.54 Å². The molecule has 3 nitrogen and oxygen atoms in total. The van der Waals surface area contributed by atoms with E-state index in [1.54, 1.807) is 0 Å². The Morgan fingerprint density at radius 3 is 2.57 bits per heavy atom. The van der Waals surface area contributed by atoms with Gasteiger partial charge in [-0.05, 0) is 37.3 Å². The standard InChI is InChI=1S/C18H28N2O/c1-6-13(3)12-20-16(15-11-9-8-10-14(15)4)19-18(5,7-2)17(20)21/h8-11,13,16,19H,6-7,12H2,1-5H3. The Hall–Kier alpha value is -1.35. The molecule has 0 aliphatic carbocycles. The van der Waals surface area contributed by atoms with Crippen LogP contribution in [-0.4, -0.2) is 22.9 Å². The van der Waals surface area contributed by atoms with Gasteiger partial charge >= 0.3 is 0 Å². The lowest BCUT2D eigenvalue weighted by Crippen LogP contribution is -2.43. The van der Waals surface area contributed by atoms with E-state index < -0.39 is 5.54 Å². The highest BCUT2D eigenvalue weighted by Gasteiger charge is 2.47. The van der Waals surface area contributed by atoms with E-state index in [0.717, 1.165) is 19.4 Å². The molecule has 1 aliphatic rings. The first-order valence-electron chi connectivity index (χ1n) is 8.07. The van der Waals surface area contributed by atoms with Gasteiger partial charge in [-0.2, -0.15) is 0 Å².